The number of hydrogen-bond donors (Lipinski definition) is 2. The third kappa shape index (κ3) is 8.07. The Morgan fingerprint density at radius 1 is 0.921 bits per heavy atom. The van der Waals surface area contributed by atoms with E-state index in [-0.39, 0.29) is 23.8 Å². The Kier molecular flexibility index (Phi) is 10.5. The van der Waals surface area contributed by atoms with Gasteiger partial charge >= 0.3 is 6.09 Å². The Balaban J connectivity index is 2.60. The molecule has 0 aromatic heterocycles. The fourth-order valence-corrected chi connectivity index (χ4v) is 4.19. The highest BCUT2D eigenvalue weighted by Gasteiger charge is 2.39. The molecule has 38 heavy (non-hydrogen) atoms. The predicted octanol–water partition coefficient (Wildman–Crippen LogP) is 6.47. The van der Waals surface area contributed by atoms with Crippen LogP contribution in [0.2, 0.25) is 0 Å². The lowest BCUT2D eigenvalue weighted by Crippen LogP contribution is -2.56. The summed E-state index contributed by atoms with van der Waals surface area (Å²) in [5, 5.41) is 5.83. The van der Waals surface area contributed by atoms with Crippen LogP contribution in [0.15, 0.2) is 42.5 Å². The van der Waals surface area contributed by atoms with Crippen LogP contribution in [0.5, 0.6) is 0 Å². The molecule has 7 nitrogen and oxygen atoms in total. The minimum atomic E-state index is -0.905. The number of para-hydroxylation sites is 1. The molecule has 0 fully saturated rings. The molecule has 2 aromatic rings. The Morgan fingerprint density at radius 3 is 2.08 bits per heavy atom. The lowest BCUT2D eigenvalue weighted by atomic mass is 9.94. The van der Waals surface area contributed by atoms with Crippen LogP contribution < -0.4 is 10.6 Å². The van der Waals surface area contributed by atoms with Crippen LogP contribution in [0, 0.1) is 26.7 Å². The van der Waals surface area contributed by atoms with Gasteiger partial charge in [-0.2, -0.15) is 0 Å². The number of anilines is 1. The second-order valence-electron chi connectivity index (χ2n) is 11.4. The number of carbonyl (C=O) groups is 3. The van der Waals surface area contributed by atoms with Gasteiger partial charge in [0.2, 0.25) is 5.91 Å². The van der Waals surface area contributed by atoms with Gasteiger partial charge in [0.05, 0.1) is 0 Å². The number of nitrogens with one attached hydrogen (secondary N) is 2. The number of alkyl carbamates (subject to hydrolysis) is 1. The molecule has 0 aliphatic carbocycles. The summed E-state index contributed by atoms with van der Waals surface area (Å²) >= 11 is 0. The van der Waals surface area contributed by atoms with Gasteiger partial charge < -0.3 is 20.3 Å². The van der Waals surface area contributed by atoms with Crippen LogP contribution >= 0.6 is 0 Å². The maximum absolute atomic E-state index is 14.3. The van der Waals surface area contributed by atoms with E-state index < -0.39 is 23.8 Å². The van der Waals surface area contributed by atoms with Crippen molar-refractivity contribution in [2.24, 2.45) is 5.92 Å². The molecule has 3 amide bonds. The van der Waals surface area contributed by atoms with Crippen molar-refractivity contribution in [2.45, 2.75) is 99.4 Å². The normalized spacial score (nSPS) is 13.9. The maximum Gasteiger partial charge on any atom is 0.408 e. The molecular formula is C31H45N3O4. The summed E-state index contributed by atoms with van der Waals surface area (Å²) < 4.78 is 5.45. The number of carbonyl (C=O) groups excluding carboxylic acids is 3. The van der Waals surface area contributed by atoms with Crippen LogP contribution in [0.3, 0.4) is 0 Å². The Morgan fingerprint density at radius 2 is 1.55 bits per heavy atom. The summed E-state index contributed by atoms with van der Waals surface area (Å²) in [6.07, 6.45) is -0.0390. The Labute approximate surface area is 228 Å². The Bertz CT molecular complexity index is 1140. The number of ether oxygens (including phenoxy) is 1. The summed E-state index contributed by atoms with van der Waals surface area (Å²) in [5.74, 6) is -0.874. The number of hydrogen-bond acceptors (Lipinski definition) is 4. The molecule has 3 unspecified atom stereocenters. The lowest BCUT2D eigenvalue weighted by molar-refractivity contribution is -0.144. The fraction of sp³-hybridized carbons (Fsp3) is 0.516. The van der Waals surface area contributed by atoms with Crippen LogP contribution in [-0.4, -0.2) is 40.5 Å². The van der Waals surface area contributed by atoms with Crippen molar-refractivity contribution in [1.82, 2.24) is 10.2 Å². The largest absolute Gasteiger partial charge is 0.444 e. The van der Waals surface area contributed by atoms with Crippen LogP contribution in [0.4, 0.5) is 10.5 Å². The van der Waals surface area contributed by atoms with Crippen molar-refractivity contribution in [3.8, 4) is 0 Å². The highest BCUT2D eigenvalue weighted by Crippen LogP contribution is 2.30. The van der Waals surface area contributed by atoms with E-state index in [0.29, 0.717) is 17.7 Å². The number of amides is 3. The SMILES string of the molecule is CCC(C)N(C(=O)C(NC(=O)OC(C)(C)C)C(C)C)C(C(=O)Nc1ccccc1C)c1ccc(C)c(C)c1. The van der Waals surface area contributed by atoms with E-state index in [1.54, 1.807) is 25.7 Å². The molecule has 0 saturated heterocycles. The number of aryl methyl sites for hydroxylation is 3. The first-order valence-electron chi connectivity index (χ1n) is 13.4. The van der Waals surface area contributed by atoms with Gasteiger partial charge in [-0.25, -0.2) is 4.79 Å². The van der Waals surface area contributed by atoms with E-state index >= 15 is 0 Å². The van der Waals surface area contributed by atoms with Crippen molar-refractivity contribution < 1.29 is 19.1 Å². The quantitative estimate of drug-likeness (QED) is 0.394. The third-order valence-corrected chi connectivity index (χ3v) is 6.70. The van der Waals surface area contributed by atoms with Crippen molar-refractivity contribution >= 4 is 23.6 Å². The van der Waals surface area contributed by atoms with Gasteiger partial charge in [0, 0.05) is 11.7 Å². The predicted molar refractivity (Wildman–Crippen MR) is 153 cm³/mol. The highest BCUT2D eigenvalue weighted by molar-refractivity contribution is 5.99. The minimum Gasteiger partial charge on any atom is -0.444 e. The summed E-state index contributed by atoms with van der Waals surface area (Å²) in [5.41, 5.74) is 3.75. The van der Waals surface area contributed by atoms with E-state index in [1.165, 1.54) is 0 Å². The van der Waals surface area contributed by atoms with Crippen LogP contribution in [0.1, 0.15) is 83.2 Å². The molecule has 7 heteroatoms. The fourth-order valence-electron chi connectivity index (χ4n) is 4.19. The average Bonchev–Trinajstić information content (AvgIpc) is 2.82. The topological polar surface area (TPSA) is 87.7 Å². The molecule has 0 saturated carbocycles. The van der Waals surface area contributed by atoms with Crippen molar-refractivity contribution in [2.75, 3.05) is 5.32 Å². The third-order valence-electron chi connectivity index (χ3n) is 6.70. The van der Waals surface area contributed by atoms with Crippen LogP contribution in [0.25, 0.3) is 0 Å². The smallest absolute Gasteiger partial charge is 0.408 e. The Hall–Kier alpha value is -3.35. The molecule has 0 spiro atoms. The molecule has 3 atom stereocenters. The minimum absolute atomic E-state index is 0.235. The molecule has 208 valence electrons. The van der Waals surface area contributed by atoms with Gasteiger partial charge in [0.25, 0.3) is 5.91 Å². The number of benzene rings is 2. The van der Waals surface area contributed by atoms with E-state index in [1.807, 2.05) is 90.9 Å². The van der Waals surface area contributed by atoms with E-state index in [2.05, 4.69) is 10.6 Å². The second-order valence-corrected chi connectivity index (χ2v) is 11.4. The molecule has 2 N–H and O–H groups in total. The average molecular weight is 524 g/mol. The van der Waals surface area contributed by atoms with Gasteiger partial charge in [0.15, 0.2) is 0 Å². The van der Waals surface area contributed by atoms with Gasteiger partial charge in [-0.1, -0.05) is 57.2 Å². The zero-order valence-corrected chi connectivity index (χ0v) is 24.6. The summed E-state index contributed by atoms with van der Waals surface area (Å²) in [7, 11) is 0. The van der Waals surface area contributed by atoms with Crippen molar-refractivity contribution in [3.05, 3.63) is 64.7 Å². The molecular weight excluding hydrogens is 478 g/mol. The van der Waals surface area contributed by atoms with Gasteiger partial charge in [-0.3, -0.25) is 9.59 Å². The summed E-state index contributed by atoms with van der Waals surface area (Å²) in [6.45, 7) is 18.9. The summed E-state index contributed by atoms with van der Waals surface area (Å²) in [4.78, 5) is 42.6. The molecule has 0 radical (unpaired) electrons. The monoisotopic (exact) mass is 523 g/mol. The van der Waals surface area contributed by atoms with E-state index in [0.717, 1.165) is 16.7 Å². The maximum atomic E-state index is 14.3. The van der Waals surface area contributed by atoms with E-state index in [4.69, 9.17) is 4.74 Å². The van der Waals surface area contributed by atoms with Crippen LogP contribution in [-0.2, 0) is 14.3 Å². The first kappa shape index (κ1) is 30.9. The van der Waals surface area contributed by atoms with Crippen molar-refractivity contribution in [1.29, 1.82) is 0 Å². The molecule has 2 rings (SSSR count). The van der Waals surface area contributed by atoms with Gasteiger partial charge in [-0.15, -0.1) is 0 Å². The van der Waals surface area contributed by atoms with Gasteiger partial charge in [0.1, 0.15) is 17.7 Å². The lowest BCUT2D eigenvalue weighted by Gasteiger charge is -2.39. The standard InChI is InChI=1S/C31H45N3O4/c1-11-23(7)34(29(36)26(19(2)3)33-30(37)38-31(8,9)10)27(24-17-16-20(4)22(6)18-24)28(35)32-25-15-13-12-14-21(25)5/h12-19,23,26-27H,11H2,1-10H3,(H,32,35)(H,33,37). The van der Waals surface area contributed by atoms with Gasteiger partial charge in [-0.05, 0) is 89.1 Å². The molecule has 0 aliphatic rings. The van der Waals surface area contributed by atoms with Crippen molar-refractivity contribution in [3.63, 3.8) is 0 Å². The zero-order chi connectivity index (χ0) is 28.8. The molecule has 0 heterocycles. The first-order valence-corrected chi connectivity index (χ1v) is 13.4. The second kappa shape index (κ2) is 12.9. The molecule has 0 bridgehead atoms. The number of rotatable bonds is 9. The molecule has 2 aromatic carbocycles. The van der Waals surface area contributed by atoms with E-state index in [9.17, 15) is 14.4 Å². The molecule has 0 aliphatic heterocycles. The number of nitrogens with zero attached hydrogens (tertiary/aromatic N) is 1. The highest BCUT2D eigenvalue weighted by atomic mass is 16.6. The zero-order valence-electron chi connectivity index (χ0n) is 24.6. The summed E-state index contributed by atoms with van der Waals surface area (Å²) in [6, 6.07) is 11.3. The first-order chi connectivity index (χ1) is 17.7.